The van der Waals surface area contributed by atoms with Crippen molar-refractivity contribution < 1.29 is 14.7 Å². The molecule has 0 saturated heterocycles. The number of carboxylic acids is 1. The summed E-state index contributed by atoms with van der Waals surface area (Å²) in [6.45, 7) is 3.05. The lowest BCUT2D eigenvalue weighted by molar-refractivity contribution is -0.146. The number of carboxylic acid groups (broad SMARTS) is 1. The molecule has 0 aromatic heterocycles. The van der Waals surface area contributed by atoms with E-state index >= 15 is 0 Å². The normalized spacial score (nSPS) is 10.1. The fraction of sp³-hybridized carbons (Fsp3) is 0.500. The lowest BCUT2D eigenvalue weighted by Gasteiger charge is -2.18. The molecule has 2 N–H and O–H groups in total. The number of carbonyl (C=O) groups excluding carboxylic acids is 1. The van der Waals surface area contributed by atoms with Crippen LogP contribution in [-0.2, 0) is 9.59 Å². The van der Waals surface area contributed by atoms with E-state index < -0.39 is 17.3 Å². The molecule has 66 valence electrons. The topological polar surface area (TPSA) is 66.4 Å². The van der Waals surface area contributed by atoms with E-state index in [4.69, 9.17) is 11.5 Å². The largest absolute Gasteiger partial charge is 0.481 e. The molecular weight excluding hydrogens is 158 g/mol. The quantitative estimate of drug-likeness (QED) is 0.577. The monoisotopic (exact) mass is 169 g/mol. The maximum Gasteiger partial charge on any atom is 0.310 e. The van der Waals surface area contributed by atoms with Crippen LogP contribution in [0.4, 0.5) is 0 Å². The number of hydrogen-bond acceptors (Lipinski definition) is 2. The molecule has 0 aliphatic carbocycles. The predicted octanol–water partition coefficient (Wildman–Crippen LogP) is -0.153. The van der Waals surface area contributed by atoms with Gasteiger partial charge in [-0.25, -0.2) is 0 Å². The average Bonchev–Trinajstić information content (AvgIpc) is 2.00. The second kappa shape index (κ2) is 3.77. The van der Waals surface area contributed by atoms with Gasteiger partial charge in [0.2, 0.25) is 0 Å². The Labute approximate surface area is 71.0 Å². The van der Waals surface area contributed by atoms with E-state index in [0.717, 1.165) is 0 Å². The fourth-order valence-corrected chi connectivity index (χ4v) is 0.428. The highest BCUT2D eigenvalue weighted by atomic mass is 16.4. The van der Waals surface area contributed by atoms with Crippen LogP contribution in [0.3, 0.4) is 0 Å². The molecule has 0 spiro atoms. The highest BCUT2D eigenvalue weighted by Crippen LogP contribution is 2.12. The lowest BCUT2D eigenvalue weighted by atomic mass is 9.94. The van der Waals surface area contributed by atoms with Crippen molar-refractivity contribution in [3.05, 3.63) is 0 Å². The minimum atomic E-state index is -0.980. The summed E-state index contributed by atoms with van der Waals surface area (Å²) in [4.78, 5) is 21.1. The summed E-state index contributed by atoms with van der Waals surface area (Å²) in [6, 6.07) is 0. The summed E-state index contributed by atoms with van der Waals surface area (Å²) in [7, 11) is 0. The number of rotatable bonds is 3. The summed E-state index contributed by atoms with van der Waals surface area (Å²) in [6.07, 6.45) is 4.77. The molecule has 0 fully saturated rings. The molecule has 0 heterocycles. The van der Waals surface area contributed by atoms with Crippen LogP contribution in [0.15, 0.2) is 0 Å². The van der Waals surface area contributed by atoms with Gasteiger partial charge < -0.3 is 10.4 Å². The molecule has 0 unspecified atom stereocenters. The van der Waals surface area contributed by atoms with Crippen molar-refractivity contribution in [1.82, 2.24) is 5.32 Å². The van der Waals surface area contributed by atoms with Crippen LogP contribution >= 0.6 is 0 Å². The smallest absolute Gasteiger partial charge is 0.310 e. The number of aliphatic carboxylic acids is 1. The Bertz CT molecular complexity index is 237. The summed E-state index contributed by atoms with van der Waals surface area (Å²) in [5.74, 6) is 0.268. The number of amides is 1. The van der Waals surface area contributed by atoms with Crippen molar-refractivity contribution >= 4 is 11.9 Å². The van der Waals surface area contributed by atoms with Gasteiger partial charge in [0.25, 0.3) is 5.91 Å². The van der Waals surface area contributed by atoms with E-state index in [-0.39, 0.29) is 6.54 Å². The minimum absolute atomic E-state index is 0.0331. The Morgan fingerprint density at radius 2 is 2.08 bits per heavy atom. The van der Waals surface area contributed by atoms with Crippen LogP contribution in [0.25, 0.3) is 0 Å². The molecule has 0 radical (unpaired) electrons. The Balaban J connectivity index is 4.03. The molecule has 0 aromatic carbocycles. The van der Waals surface area contributed by atoms with Crippen molar-refractivity contribution in [2.24, 2.45) is 5.41 Å². The molecule has 0 bridgehead atoms. The first kappa shape index (κ1) is 10.5. The predicted molar refractivity (Wildman–Crippen MR) is 43.3 cm³/mol. The summed E-state index contributed by atoms with van der Waals surface area (Å²) in [5.41, 5.74) is -0.980. The van der Waals surface area contributed by atoms with E-state index in [1.807, 2.05) is 5.92 Å². The summed E-state index contributed by atoms with van der Waals surface area (Å²) >= 11 is 0. The first-order chi connectivity index (χ1) is 5.40. The van der Waals surface area contributed by atoms with E-state index in [0.29, 0.717) is 0 Å². The van der Waals surface area contributed by atoms with Crippen molar-refractivity contribution in [1.29, 1.82) is 0 Å². The molecule has 4 heteroatoms. The highest BCUT2D eigenvalue weighted by molar-refractivity contribution is 5.93. The van der Waals surface area contributed by atoms with Crippen LogP contribution in [0.5, 0.6) is 0 Å². The number of terminal acetylenes is 1. The molecule has 0 aromatic rings. The van der Waals surface area contributed by atoms with Gasteiger partial charge in [-0.3, -0.25) is 9.59 Å². The molecule has 0 saturated carbocycles. The average molecular weight is 169 g/mol. The van der Waals surface area contributed by atoms with Crippen LogP contribution < -0.4 is 5.32 Å². The molecule has 0 atom stereocenters. The number of hydrogen-bond donors (Lipinski definition) is 2. The Kier molecular flexibility index (Phi) is 3.30. The van der Waals surface area contributed by atoms with Gasteiger partial charge in [-0.2, -0.15) is 0 Å². The molecule has 0 aliphatic heterocycles. The highest BCUT2D eigenvalue weighted by Gasteiger charge is 2.27. The lowest BCUT2D eigenvalue weighted by Crippen LogP contribution is -2.38. The van der Waals surface area contributed by atoms with Gasteiger partial charge in [0.1, 0.15) is 0 Å². The zero-order valence-corrected chi connectivity index (χ0v) is 7.05. The standard InChI is InChI=1S/C8H11NO3/c1-4-6(10)9-5-8(2,3)7(11)12/h1H,5H2,2-3H3,(H,9,10)(H,11,12). The first-order valence-electron chi connectivity index (χ1n) is 3.38. The van der Waals surface area contributed by atoms with Crippen LogP contribution in [-0.4, -0.2) is 23.5 Å². The second-order valence-electron chi connectivity index (χ2n) is 3.02. The molecule has 12 heavy (non-hydrogen) atoms. The van der Waals surface area contributed by atoms with Crippen LogP contribution in [0.2, 0.25) is 0 Å². The number of carbonyl (C=O) groups is 2. The fourth-order valence-electron chi connectivity index (χ4n) is 0.428. The summed E-state index contributed by atoms with van der Waals surface area (Å²) < 4.78 is 0. The van der Waals surface area contributed by atoms with Crippen molar-refractivity contribution in [3.63, 3.8) is 0 Å². The van der Waals surface area contributed by atoms with Crippen LogP contribution in [0, 0.1) is 17.8 Å². The third-order valence-electron chi connectivity index (χ3n) is 1.40. The first-order valence-corrected chi connectivity index (χ1v) is 3.38. The molecule has 4 nitrogen and oxygen atoms in total. The van der Waals surface area contributed by atoms with Gasteiger partial charge in [-0.05, 0) is 19.8 Å². The molecular formula is C8H11NO3. The van der Waals surface area contributed by atoms with Gasteiger partial charge in [0.15, 0.2) is 0 Å². The van der Waals surface area contributed by atoms with E-state index in [2.05, 4.69) is 5.32 Å². The van der Waals surface area contributed by atoms with E-state index in [9.17, 15) is 9.59 Å². The molecule has 0 aliphatic rings. The van der Waals surface area contributed by atoms with Crippen molar-refractivity contribution in [2.45, 2.75) is 13.8 Å². The van der Waals surface area contributed by atoms with Gasteiger partial charge in [-0.15, -0.1) is 6.42 Å². The summed E-state index contributed by atoms with van der Waals surface area (Å²) in [5, 5.41) is 10.9. The minimum Gasteiger partial charge on any atom is -0.481 e. The zero-order chi connectivity index (χ0) is 9.78. The van der Waals surface area contributed by atoms with Gasteiger partial charge in [0, 0.05) is 6.54 Å². The van der Waals surface area contributed by atoms with E-state index in [1.54, 1.807) is 0 Å². The van der Waals surface area contributed by atoms with Gasteiger partial charge >= 0.3 is 5.97 Å². The maximum atomic E-state index is 10.5. The third-order valence-corrected chi connectivity index (χ3v) is 1.40. The van der Waals surface area contributed by atoms with Gasteiger partial charge in [0.05, 0.1) is 5.41 Å². The van der Waals surface area contributed by atoms with Gasteiger partial charge in [-0.1, -0.05) is 0 Å². The maximum absolute atomic E-state index is 10.5. The third kappa shape index (κ3) is 3.06. The Morgan fingerprint density at radius 1 is 1.58 bits per heavy atom. The Morgan fingerprint density at radius 3 is 2.42 bits per heavy atom. The molecule has 0 rings (SSSR count). The number of nitrogens with one attached hydrogen (secondary N) is 1. The van der Waals surface area contributed by atoms with Crippen molar-refractivity contribution in [3.8, 4) is 12.3 Å². The van der Waals surface area contributed by atoms with E-state index in [1.165, 1.54) is 13.8 Å². The van der Waals surface area contributed by atoms with Crippen molar-refractivity contribution in [2.75, 3.05) is 6.54 Å². The Hall–Kier alpha value is -1.50. The molecule has 1 amide bonds. The SMILES string of the molecule is C#CC(=O)NCC(C)(C)C(=O)O. The zero-order valence-electron chi connectivity index (χ0n) is 7.05. The van der Waals surface area contributed by atoms with Crippen LogP contribution in [0.1, 0.15) is 13.8 Å². The second-order valence-corrected chi connectivity index (χ2v) is 3.02.